The number of hydrogen-bond donors (Lipinski definition) is 3. The predicted molar refractivity (Wildman–Crippen MR) is 127 cm³/mol. The Morgan fingerprint density at radius 2 is 1.51 bits per heavy atom. The van der Waals surface area contributed by atoms with Crippen LogP contribution in [-0.4, -0.2) is 35.7 Å². The van der Waals surface area contributed by atoms with E-state index in [1.807, 2.05) is 48.5 Å². The van der Waals surface area contributed by atoms with Gasteiger partial charge in [-0.2, -0.15) is 0 Å². The van der Waals surface area contributed by atoms with Gasteiger partial charge in [0.15, 0.2) is 0 Å². The minimum atomic E-state index is -1.14. The van der Waals surface area contributed by atoms with Gasteiger partial charge < -0.3 is 20.5 Å². The highest BCUT2D eigenvalue weighted by Crippen LogP contribution is 2.44. The molecule has 3 aromatic rings. The summed E-state index contributed by atoms with van der Waals surface area (Å²) < 4.78 is 19.3. The third-order valence-electron chi connectivity index (χ3n) is 6.01. The van der Waals surface area contributed by atoms with E-state index < -0.39 is 29.8 Å². The second-order valence-electron chi connectivity index (χ2n) is 8.26. The number of alkyl carbamates (subject to hydrolysis) is 1. The number of rotatable bonds is 9. The molecule has 8 heteroatoms. The van der Waals surface area contributed by atoms with E-state index in [1.54, 1.807) is 6.07 Å². The maximum Gasteiger partial charge on any atom is 0.407 e. The first-order valence-electron chi connectivity index (χ1n) is 11.3. The lowest BCUT2D eigenvalue weighted by Crippen LogP contribution is -2.47. The highest BCUT2D eigenvalue weighted by atomic mass is 19.1. The van der Waals surface area contributed by atoms with E-state index in [2.05, 4.69) is 10.6 Å². The Hall–Kier alpha value is -4.20. The molecule has 0 saturated carbocycles. The molecule has 0 heterocycles. The van der Waals surface area contributed by atoms with Gasteiger partial charge in [-0.1, -0.05) is 66.7 Å². The smallest absolute Gasteiger partial charge is 0.407 e. The van der Waals surface area contributed by atoms with Gasteiger partial charge in [-0.3, -0.25) is 9.59 Å². The van der Waals surface area contributed by atoms with Gasteiger partial charge in [0.05, 0.1) is 0 Å². The Balaban J connectivity index is 1.39. The molecule has 1 aliphatic rings. The Labute approximate surface area is 201 Å². The molecule has 7 nitrogen and oxygen atoms in total. The van der Waals surface area contributed by atoms with E-state index in [4.69, 9.17) is 9.84 Å². The molecule has 0 fully saturated rings. The number of amides is 2. The first-order valence-corrected chi connectivity index (χ1v) is 11.3. The van der Waals surface area contributed by atoms with Crippen LogP contribution >= 0.6 is 0 Å². The summed E-state index contributed by atoms with van der Waals surface area (Å²) in [5, 5.41) is 14.0. The third kappa shape index (κ3) is 5.66. The van der Waals surface area contributed by atoms with Crippen molar-refractivity contribution in [1.29, 1.82) is 0 Å². The fourth-order valence-electron chi connectivity index (χ4n) is 4.27. The zero-order valence-corrected chi connectivity index (χ0v) is 18.9. The molecule has 35 heavy (non-hydrogen) atoms. The number of fused-ring (bicyclic) bond motifs is 3. The van der Waals surface area contributed by atoms with Crippen LogP contribution in [0.3, 0.4) is 0 Å². The number of nitrogens with one attached hydrogen (secondary N) is 2. The Morgan fingerprint density at radius 1 is 0.914 bits per heavy atom. The maximum atomic E-state index is 13.8. The van der Waals surface area contributed by atoms with E-state index in [0.717, 1.165) is 22.3 Å². The molecule has 0 spiro atoms. The summed E-state index contributed by atoms with van der Waals surface area (Å²) in [6.45, 7) is -0.0379. The molecule has 0 bridgehead atoms. The van der Waals surface area contributed by atoms with Crippen molar-refractivity contribution in [2.75, 3.05) is 6.61 Å². The Bertz CT molecular complexity index is 1200. The van der Waals surface area contributed by atoms with Crippen molar-refractivity contribution in [1.82, 2.24) is 10.6 Å². The lowest BCUT2D eigenvalue weighted by atomic mass is 9.98. The average Bonchev–Trinajstić information content (AvgIpc) is 3.18. The van der Waals surface area contributed by atoms with Gasteiger partial charge in [0, 0.05) is 24.4 Å². The highest BCUT2D eigenvalue weighted by Gasteiger charge is 2.30. The molecular weight excluding hydrogens is 451 g/mol. The number of carboxylic acid groups (broad SMARTS) is 1. The van der Waals surface area contributed by atoms with Crippen molar-refractivity contribution in [3.63, 3.8) is 0 Å². The SMILES string of the molecule is O=C(O)CCC(NC(=O)OCC1c2ccccc2-c2ccccc21)C(=O)NCc1ccccc1F. The second-order valence-corrected chi connectivity index (χ2v) is 8.26. The van der Waals surface area contributed by atoms with Crippen LogP contribution in [0.2, 0.25) is 0 Å². The minimum Gasteiger partial charge on any atom is -0.481 e. The van der Waals surface area contributed by atoms with Gasteiger partial charge in [0.25, 0.3) is 0 Å². The van der Waals surface area contributed by atoms with E-state index in [9.17, 15) is 18.8 Å². The van der Waals surface area contributed by atoms with Crippen LogP contribution in [0.5, 0.6) is 0 Å². The summed E-state index contributed by atoms with van der Waals surface area (Å²) >= 11 is 0. The molecule has 4 rings (SSSR count). The summed E-state index contributed by atoms with van der Waals surface area (Å²) in [5.74, 6) is -2.35. The van der Waals surface area contributed by atoms with Crippen molar-refractivity contribution in [3.05, 3.63) is 95.3 Å². The van der Waals surface area contributed by atoms with E-state index >= 15 is 0 Å². The lowest BCUT2D eigenvalue weighted by Gasteiger charge is -2.19. The van der Waals surface area contributed by atoms with Crippen LogP contribution in [0.15, 0.2) is 72.8 Å². The fraction of sp³-hybridized carbons (Fsp3) is 0.222. The van der Waals surface area contributed by atoms with Crippen molar-refractivity contribution in [3.8, 4) is 11.1 Å². The third-order valence-corrected chi connectivity index (χ3v) is 6.01. The molecule has 1 aliphatic carbocycles. The van der Waals surface area contributed by atoms with Crippen LogP contribution in [0.4, 0.5) is 9.18 Å². The van der Waals surface area contributed by atoms with Crippen LogP contribution in [0.25, 0.3) is 11.1 Å². The number of carbonyl (C=O) groups is 3. The van der Waals surface area contributed by atoms with E-state index in [1.165, 1.54) is 18.2 Å². The standard InChI is InChI=1S/C27H25FN2O5/c28-23-12-6-1-7-17(23)15-29-26(33)24(13-14-25(31)32)30-27(34)35-16-22-20-10-4-2-8-18(20)19-9-3-5-11-21(19)22/h1-12,22,24H,13-16H2,(H,29,33)(H,30,34)(H,31,32). The number of hydrogen-bond acceptors (Lipinski definition) is 4. The lowest BCUT2D eigenvalue weighted by molar-refractivity contribution is -0.137. The van der Waals surface area contributed by atoms with Crippen LogP contribution in [-0.2, 0) is 20.9 Å². The summed E-state index contributed by atoms with van der Waals surface area (Å²) in [6.07, 6.45) is -1.30. The van der Waals surface area contributed by atoms with Crippen LogP contribution < -0.4 is 10.6 Å². The second kappa shape index (κ2) is 10.8. The van der Waals surface area contributed by atoms with Crippen molar-refractivity contribution in [2.24, 2.45) is 0 Å². The van der Waals surface area contributed by atoms with Gasteiger partial charge in [0.1, 0.15) is 18.5 Å². The molecular formula is C27H25FN2O5. The van der Waals surface area contributed by atoms with Gasteiger partial charge in [-0.25, -0.2) is 9.18 Å². The highest BCUT2D eigenvalue weighted by molar-refractivity contribution is 5.86. The number of carbonyl (C=O) groups excluding carboxylic acids is 2. The van der Waals surface area contributed by atoms with Crippen LogP contribution in [0.1, 0.15) is 35.4 Å². The first kappa shape index (κ1) is 23.9. The van der Waals surface area contributed by atoms with Crippen molar-refractivity contribution >= 4 is 18.0 Å². The maximum absolute atomic E-state index is 13.8. The molecule has 1 unspecified atom stereocenters. The number of aliphatic carboxylic acids is 1. The zero-order chi connectivity index (χ0) is 24.8. The molecule has 0 radical (unpaired) electrons. The van der Waals surface area contributed by atoms with E-state index in [-0.39, 0.29) is 37.5 Å². The van der Waals surface area contributed by atoms with Crippen molar-refractivity contribution < 1.29 is 28.6 Å². The molecule has 180 valence electrons. The van der Waals surface area contributed by atoms with Crippen molar-refractivity contribution in [2.45, 2.75) is 31.3 Å². The normalized spacial score (nSPS) is 12.8. The fourth-order valence-corrected chi connectivity index (χ4v) is 4.27. The average molecular weight is 477 g/mol. The first-order chi connectivity index (χ1) is 16.9. The van der Waals surface area contributed by atoms with Gasteiger partial charge >= 0.3 is 12.1 Å². The molecule has 2 amide bonds. The van der Waals surface area contributed by atoms with Gasteiger partial charge in [-0.05, 0) is 34.7 Å². The molecule has 1 atom stereocenters. The summed E-state index contributed by atoms with van der Waals surface area (Å²) in [7, 11) is 0. The Kier molecular flexibility index (Phi) is 7.40. The largest absolute Gasteiger partial charge is 0.481 e. The summed E-state index contributed by atoms with van der Waals surface area (Å²) in [6, 6.07) is 20.6. The number of ether oxygens (including phenoxy) is 1. The predicted octanol–water partition coefficient (Wildman–Crippen LogP) is 4.21. The quantitative estimate of drug-likeness (QED) is 0.429. The summed E-state index contributed by atoms with van der Waals surface area (Å²) in [4.78, 5) is 36.3. The molecule has 0 aliphatic heterocycles. The number of benzene rings is 3. The number of halogens is 1. The minimum absolute atomic E-state index is 0.0579. The molecule has 3 aromatic carbocycles. The Morgan fingerprint density at radius 3 is 2.14 bits per heavy atom. The summed E-state index contributed by atoms with van der Waals surface area (Å²) in [5.41, 5.74) is 4.55. The monoisotopic (exact) mass is 476 g/mol. The van der Waals surface area contributed by atoms with Crippen LogP contribution in [0, 0.1) is 5.82 Å². The zero-order valence-electron chi connectivity index (χ0n) is 18.9. The number of carboxylic acids is 1. The van der Waals surface area contributed by atoms with Gasteiger partial charge in [-0.15, -0.1) is 0 Å². The topological polar surface area (TPSA) is 105 Å². The molecule has 0 saturated heterocycles. The van der Waals surface area contributed by atoms with E-state index in [0.29, 0.717) is 0 Å². The molecule has 3 N–H and O–H groups in total. The van der Waals surface area contributed by atoms with Gasteiger partial charge in [0.2, 0.25) is 5.91 Å². The molecule has 0 aromatic heterocycles.